The SMILES string of the molecule is S.[As].[Na].[Sr]. The summed E-state index contributed by atoms with van der Waals surface area (Å²) >= 11 is 0. The predicted octanol–water partition coefficient (Wildman–Crippen LogP) is -1.03. The van der Waals surface area contributed by atoms with Gasteiger partial charge in [-0.3, -0.25) is 0 Å². The second-order valence-electron chi connectivity index (χ2n) is 0. The summed E-state index contributed by atoms with van der Waals surface area (Å²) in [7, 11) is 0. The second-order valence-corrected chi connectivity index (χ2v) is 0. The van der Waals surface area contributed by atoms with Crippen molar-refractivity contribution in [2.75, 3.05) is 0 Å². The zero-order valence-electron chi connectivity index (χ0n) is 2.65. The van der Waals surface area contributed by atoms with E-state index < -0.39 is 0 Å². The molecule has 0 spiro atoms. The van der Waals surface area contributed by atoms with Gasteiger partial charge in [-0.1, -0.05) is 0 Å². The average molecular weight is 220 g/mol. The molecule has 0 N–H and O–H groups in total. The molecular weight excluding hydrogens is 218 g/mol. The van der Waals surface area contributed by atoms with Gasteiger partial charge in [0.25, 0.3) is 0 Å². The molecule has 16 valence electrons. The molecule has 0 saturated carbocycles. The molecule has 0 bridgehead atoms. The van der Waals surface area contributed by atoms with E-state index in [2.05, 4.69) is 0 Å². The van der Waals surface area contributed by atoms with Crippen LogP contribution < -0.4 is 0 Å². The molecule has 0 aromatic carbocycles. The number of rotatable bonds is 0. The van der Waals surface area contributed by atoms with Gasteiger partial charge in [0.1, 0.15) is 0 Å². The van der Waals surface area contributed by atoms with Gasteiger partial charge in [0.2, 0.25) is 0 Å². The van der Waals surface area contributed by atoms with E-state index in [0.717, 1.165) is 0 Å². The van der Waals surface area contributed by atoms with E-state index in [0.29, 0.717) is 0 Å². The van der Waals surface area contributed by atoms with Crippen molar-refractivity contribution in [1.29, 1.82) is 0 Å². The summed E-state index contributed by atoms with van der Waals surface area (Å²) in [4.78, 5) is 0. The molecule has 0 aliphatic rings. The molecule has 0 aliphatic heterocycles. The topological polar surface area (TPSA) is 0 Å². The first-order valence-corrected chi connectivity index (χ1v) is 0. The van der Waals surface area contributed by atoms with Crippen molar-refractivity contribution in [1.82, 2.24) is 0 Å². The minimum Gasteiger partial charge on any atom is -0.197 e. The molecule has 0 saturated heterocycles. The van der Waals surface area contributed by atoms with Crippen LogP contribution in [0.2, 0.25) is 0 Å². The summed E-state index contributed by atoms with van der Waals surface area (Å²) in [6.07, 6.45) is 0. The number of hydrogen-bond donors (Lipinski definition) is 0. The van der Waals surface area contributed by atoms with Crippen LogP contribution in [0.5, 0.6) is 0 Å². The van der Waals surface area contributed by atoms with Gasteiger partial charge < -0.3 is 0 Å². The van der Waals surface area contributed by atoms with Crippen molar-refractivity contribution in [2.24, 2.45) is 0 Å². The van der Waals surface area contributed by atoms with E-state index in [4.69, 9.17) is 0 Å². The van der Waals surface area contributed by atoms with E-state index in [9.17, 15) is 0 Å². The van der Waals surface area contributed by atoms with Gasteiger partial charge in [-0.2, -0.15) is 13.5 Å². The fraction of sp³-hybridized carbons (Fsp3) is 0. The standard InChI is InChI=1S/As.Na.H2S.Sr/h;;1H2;. The molecular formula is H2AsNaSSr. The van der Waals surface area contributed by atoms with Crippen LogP contribution in [0.4, 0.5) is 0 Å². The maximum Gasteiger partial charge on any atom is 0 e. The maximum absolute atomic E-state index is 0. The summed E-state index contributed by atoms with van der Waals surface area (Å²) in [5.41, 5.74) is 0. The van der Waals surface area contributed by atoms with Crippen molar-refractivity contribution < 1.29 is 0 Å². The van der Waals surface area contributed by atoms with Crippen LogP contribution >= 0.6 is 13.5 Å². The smallest absolute Gasteiger partial charge is 0 e. The minimum absolute atomic E-state index is 0. The third-order valence-electron chi connectivity index (χ3n) is 0. The van der Waals surface area contributed by atoms with Crippen LogP contribution in [0.15, 0.2) is 0 Å². The maximum atomic E-state index is 0. The summed E-state index contributed by atoms with van der Waals surface area (Å²) in [5, 5.41) is 0. The Morgan fingerprint density at radius 2 is 1.00 bits per heavy atom. The van der Waals surface area contributed by atoms with Gasteiger partial charge in [-0.15, -0.1) is 0 Å². The normalized spacial score (nSPS) is 0. The zero-order valence-corrected chi connectivity index (χ0v) is 11.0. The Hall–Kier alpha value is 3.39. The molecule has 0 nitrogen and oxygen atoms in total. The molecule has 0 aliphatic carbocycles. The van der Waals surface area contributed by atoms with Crippen LogP contribution in [0, 0.1) is 0 Å². The molecule has 6 radical (unpaired) electrons. The fourth-order valence-corrected chi connectivity index (χ4v) is 0. The van der Waals surface area contributed by atoms with Gasteiger partial charge in [0, 0.05) is 93.0 Å². The predicted molar refractivity (Wildman–Crippen MR) is 27.6 cm³/mol. The summed E-state index contributed by atoms with van der Waals surface area (Å²) < 4.78 is 0. The summed E-state index contributed by atoms with van der Waals surface area (Å²) in [6.45, 7) is 0. The zero-order chi connectivity index (χ0) is 0. The first kappa shape index (κ1) is 26.3. The van der Waals surface area contributed by atoms with Crippen molar-refractivity contribution in [3.8, 4) is 0 Å². The van der Waals surface area contributed by atoms with Crippen LogP contribution in [0.1, 0.15) is 0 Å². The summed E-state index contributed by atoms with van der Waals surface area (Å²) in [5.74, 6) is 0. The monoisotopic (exact) mass is 220 g/mol. The van der Waals surface area contributed by atoms with Crippen LogP contribution in [-0.2, 0) is 0 Å². The van der Waals surface area contributed by atoms with E-state index in [1.165, 1.54) is 0 Å². The van der Waals surface area contributed by atoms with Gasteiger partial charge in [0.05, 0.1) is 0 Å². The molecule has 0 amide bonds. The van der Waals surface area contributed by atoms with Crippen molar-refractivity contribution in [3.63, 3.8) is 0 Å². The first-order valence-electron chi connectivity index (χ1n) is 0. The van der Waals surface area contributed by atoms with Gasteiger partial charge in [-0.05, 0) is 0 Å². The van der Waals surface area contributed by atoms with Crippen LogP contribution in [-0.4, -0.2) is 93.0 Å². The van der Waals surface area contributed by atoms with Gasteiger partial charge in [0.15, 0.2) is 0 Å². The van der Waals surface area contributed by atoms with Crippen molar-refractivity contribution in [3.05, 3.63) is 0 Å². The van der Waals surface area contributed by atoms with E-state index in [1.807, 2.05) is 0 Å². The molecule has 4 heavy (non-hydrogen) atoms. The molecule has 0 heterocycles. The van der Waals surface area contributed by atoms with Gasteiger partial charge in [-0.25, -0.2) is 0 Å². The average Bonchev–Trinajstić information content (AvgIpc) is 0. The van der Waals surface area contributed by atoms with Crippen LogP contribution in [0.25, 0.3) is 0 Å². The van der Waals surface area contributed by atoms with Crippen LogP contribution in [0.3, 0.4) is 0 Å². The quantitative estimate of drug-likeness (QED) is 0.457. The Bertz CT molecular complexity index is 8.00. The Morgan fingerprint density at radius 1 is 1.00 bits per heavy atom. The molecule has 0 fully saturated rings. The minimum atomic E-state index is 0. The molecule has 0 unspecified atom stereocenters. The van der Waals surface area contributed by atoms with E-state index in [-0.39, 0.29) is 106 Å². The third-order valence-corrected chi connectivity index (χ3v) is 0. The largest absolute Gasteiger partial charge is 0.197 e. The molecule has 0 aromatic rings. The Morgan fingerprint density at radius 3 is 1.00 bits per heavy atom. The van der Waals surface area contributed by atoms with E-state index >= 15 is 0 Å². The molecule has 0 atom stereocenters. The fourth-order valence-electron chi connectivity index (χ4n) is 0. The van der Waals surface area contributed by atoms with E-state index in [1.54, 1.807) is 0 Å². The molecule has 0 aromatic heterocycles. The Kier molecular flexibility index (Phi) is 106. The van der Waals surface area contributed by atoms with Gasteiger partial charge >= 0.3 is 0 Å². The third kappa shape index (κ3) is 9.04. The molecule has 4 heteroatoms. The first-order chi connectivity index (χ1) is 0. The van der Waals surface area contributed by atoms with Crippen molar-refractivity contribution >= 4 is 106 Å². The molecule has 0 rings (SSSR count). The Balaban J connectivity index is 0. The number of hydrogen-bond acceptors (Lipinski definition) is 0. The van der Waals surface area contributed by atoms with Crippen molar-refractivity contribution in [2.45, 2.75) is 0 Å². The second kappa shape index (κ2) is 16.2. The summed E-state index contributed by atoms with van der Waals surface area (Å²) in [6, 6.07) is 0. The Labute approximate surface area is 104 Å².